The molecule has 1 atom stereocenters. The number of hydrogen-bond acceptors (Lipinski definition) is 4. The summed E-state index contributed by atoms with van der Waals surface area (Å²) >= 11 is 0. The highest BCUT2D eigenvalue weighted by Gasteiger charge is 2.18. The predicted molar refractivity (Wildman–Crippen MR) is 110 cm³/mol. The molecular formula is C19H23Cl2N5O. The molecule has 2 N–H and O–H groups in total. The van der Waals surface area contributed by atoms with Gasteiger partial charge in [0.2, 0.25) is 0 Å². The molecule has 1 aliphatic heterocycles. The van der Waals surface area contributed by atoms with Crippen LogP contribution in [0.15, 0.2) is 49.1 Å². The number of carbonyl (C=O) groups excluding carboxylic acids is 1. The van der Waals surface area contributed by atoms with Crippen molar-refractivity contribution in [3.8, 4) is 0 Å². The molecule has 144 valence electrons. The number of amides is 1. The third kappa shape index (κ3) is 4.97. The molecule has 0 radical (unpaired) electrons. The zero-order chi connectivity index (χ0) is 17.1. The van der Waals surface area contributed by atoms with Crippen molar-refractivity contribution in [2.45, 2.75) is 19.4 Å². The monoisotopic (exact) mass is 407 g/mol. The van der Waals surface area contributed by atoms with Gasteiger partial charge in [0.05, 0.1) is 18.4 Å². The van der Waals surface area contributed by atoms with E-state index in [-0.39, 0.29) is 30.7 Å². The van der Waals surface area contributed by atoms with Crippen LogP contribution in [0.25, 0.3) is 5.65 Å². The Hall–Kier alpha value is -2.15. The van der Waals surface area contributed by atoms with E-state index in [0.717, 1.165) is 42.0 Å². The van der Waals surface area contributed by atoms with E-state index in [0.29, 0.717) is 12.5 Å². The fourth-order valence-electron chi connectivity index (χ4n) is 3.37. The Morgan fingerprint density at radius 1 is 1.30 bits per heavy atom. The van der Waals surface area contributed by atoms with E-state index in [2.05, 4.69) is 26.7 Å². The molecule has 4 rings (SSSR count). The Labute approximate surface area is 170 Å². The highest BCUT2D eigenvalue weighted by Crippen LogP contribution is 2.18. The van der Waals surface area contributed by atoms with E-state index in [1.807, 2.05) is 35.0 Å². The maximum absolute atomic E-state index is 12.7. The van der Waals surface area contributed by atoms with Crippen LogP contribution in [0.5, 0.6) is 0 Å². The highest BCUT2D eigenvalue weighted by molar-refractivity contribution is 5.95. The van der Waals surface area contributed by atoms with Crippen molar-refractivity contribution in [2.24, 2.45) is 5.92 Å². The summed E-state index contributed by atoms with van der Waals surface area (Å²) in [6.07, 6.45) is 9.29. The number of nitrogens with one attached hydrogen (secondary N) is 2. The number of carbonyl (C=O) groups is 1. The number of rotatable bonds is 5. The van der Waals surface area contributed by atoms with Gasteiger partial charge in [-0.3, -0.25) is 9.78 Å². The Morgan fingerprint density at radius 3 is 2.93 bits per heavy atom. The first-order valence-corrected chi connectivity index (χ1v) is 8.64. The number of aromatic nitrogens is 3. The first kappa shape index (κ1) is 21.2. The van der Waals surface area contributed by atoms with Crippen LogP contribution in [-0.4, -0.2) is 33.4 Å². The fraction of sp³-hybridized carbons (Fsp3) is 0.316. The molecule has 2 aromatic heterocycles. The molecular weight excluding hydrogens is 385 g/mol. The fourth-order valence-corrected chi connectivity index (χ4v) is 3.37. The van der Waals surface area contributed by atoms with Crippen molar-refractivity contribution in [1.82, 2.24) is 25.0 Å². The van der Waals surface area contributed by atoms with Crippen LogP contribution < -0.4 is 10.6 Å². The zero-order valence-electron chi connectivity index (χ0n) is 14.8. The van der Waals surface area contributed by atoms with Gasteiger partial charge in [0, 0.05) is 24.2 Å². The molecule has 3 aromatic rings. The third-order valence-electron chi connectivity index (χ3n) is 4.68. The Balaban J connectivity index is 0.00000131. The van der Waals surface area contributed by atoms with Crippen LogP contribution in [-0.2, 0) is 13.0 Å². The van der Waals surface area contributed by atoms with Gasteiger partial charge in [0.25, 0.3) is 5.91 Å². The molecule has 1 aliphatic rings. The largest absolute Gasteiger partial charge is 0.346 e. The molecule has 3 heterocycles. The normalized spacial score (nSPS) is 15.8. The minimum atomic E-state index is -0.0447. The van der Waals surface area contributed by atoms with Crippen molar-refractivity contribution in [3.63, 3.8) is 0 Å². The number of hydrogen-bond donors (Lipinski definition) is 2. The molecule has 1 unspecified atom stereocenters. The van der Waals surface area contributed by atoms with Gasteiger partial charge in [-0.15, -0.1) is 24.8 Å². The lowest BCUT2D eigenvalue weighted by Crippen LogP contribution is -2.24. The second-order valence-electron chi connectivity index (χ2n) is 6.48. The van der Waals surface area contributed by atoms with Gasteiger partial charge in [0.15, 0.2) is 5.65 Å². The molecule has 1 saturated heterocycles. The van der Waals surface area contributed by atoms with Crippen LogP contribution in [0.1, 0.15) is 28.0 Å². The number of benzene rings is 1. The first-order valence-electron chi connectivity index (χ1n) is 8.64. The van der Waals surface area contributed by atoms with E-state index in [1.165, 1.54) is 6.42 Å². The molecule has 1 aromatic carbocycles. The van der Waals surface area contributed by atoms with Crippen molar-refractivity contribution in [1.29, 1.82) is 0 Å². The van der Waals surface area contributed by atoms with Crippen molar-refractivity contribution < 1.29 is 4.79 Å². The molecule has 0 bridgehead atoms. The zero-order valence-corrected chi connectivity index (χ0v) is 16.4. The Kier molecular flexibility index (Phi) is 7.59. The molecule has 1 amide bonds. The SMILES string of the molecule is Cl.Cl.O=C(NCc1cn2ccncc2n1)c1ccccc1CC1CCNC1. The van der Waals surface area contributed by atoms with Gasteiger partial charge in [-0.1, -0.05) is 18.2 Å². The first-order chi connectivity index (χ1) is 12.3. The standard InChI is InChI=1S/C19H21N5O.2ClH/c25-19(22-11-16-13-24-8-7-21-12-18(24)23-16)17-4-2-1-3-15(17)9-14-5-6-20-10-14;;/h1-4,7-8,12-14,20H,5-6,9-11H2,(H,22,25);2*1H. The molecule has 0 saturated carbocycles. The number of fused-ring (bicyclic) bond motifs is 1. The molecule has 8 heteroatoms. The number of nitrogens with zero attached hydrogens (tertiary/aromatic N) is 3. The quantitative estimate of drug-likeness (QED) is 0.681. The van der Waals surface area contributed by atoms with Crippen LogP contribution in [0.4, 0.5) is 0 Å². The summed E-state index contributed by atoms with van der Waals surface area (Å²) < 4.78 is 1.90. The topological polar surface area (TPSA) is 71.3 Å². The molecule has 0 aliphatic carbocycles. The minimum absolute atomic E-state index is 0. The average Bonchev–Trinajstić information content (AvgIpc) is 3.29. The summed E-state index contributed by atoms with van der Waals surface area (Å²) in [6.45, 7) is 2.51. The van der Waals surface area contributed by atoms with Crippen LogP contribution in [0.2, 0.25) is 0 Å². The lowest BCUT2D eigenvalue weighted by Gasteiger charge is -2.13. The molecule has 1 fully saturated rings. The summed E-state index contributed by atoms with van der Waals surface area (Å²) in [5.41, 5.74) is 3.48. The maximum Gasteiger partial charge on any atom is 0.251 e. The highest BCUT2D eigenvalue weighted by atomic mass is 35.5. The lowest BCUT2D eigenvalue weighted by molar-refractivity contribution is 0.0949. The van der Waals surface area contributed by atoms with E-state index >= 15 is 0 Å². The molecule has 0 spiro atoms. The summed E-state index contributed by atoms with van der Waals surface area (Å²) in [5.74, 6) is 0.566. The second-order valence-corrected chi connectivity index (χ2v) is 6.48. The number of imidazole rings is 1. The smallest absolute Gasteiger partial charge is 0.251 e. The lowest BCUT2D eigenvalue weighted by atomic mass is 9.94. The maximum atomic E-state index is 12.7. The Morgan fingerprint density at radius 2 is 2.15 bits per heavy atom. The van der Waals surface area contributed by atoms with E-state index in [9.17, 15) is 4.79 Å². The molecule has 6 nitrogen and oxygen atoms in total. The average molecular weight is 408 g/mol. The van der Waals surface area contributed by atoms with Gasteiger partial charge < -0.3 is 15.0 Å². The Bertz CT molecular complexity index is 859. The van der Waals surface area contributed by atoms with E-state index in [1.54, 1.807) is 12.4 Å². The van der Waals surface area contributed by atoms with Crippen LogP contribution >= 0.6 is 24.8 Å². The summed E-state index contributed by atoms with van der Waals surface area (Å²) in [7, 11) is 0. The van der Waals surface area contributed by atoms with Crippen molar-refractivity contribution >= 4 is 36.4 Å². The number of halogens is 2. The van der Waals surface area contributed by atoms with Gasteiger partial charge in [-0.25, -0.2) is 4.98 Å². The van der Waals surface area contributed by atoms with Crippen molar-refractivity contribution in [3.05, 3.63) is 65.9 Å². The molecule has 27 heavy (non-hydrogen) atoms. The van der Waals surface area contributed by atoms with E-state index in [4.69, 9.17) is 0 Å². The van der Waals surface area contributed by atoms with Gasteiger partial charge in [-0.2, -0.15) is 0 Å². The van der Waals surface area contributed by atoms with Gasteiger partial charge >= 0.3 is 0 Å². The second kappa shape index (κ2) is 9.69. The van der Waals surface area contributed by atoms with Crippen molar-refractivity contribution in [2.75, 3.05) is 13.1 Å². The van der Waals surface area contributed by atoms with Gasteiger partial charge in [0.1, 0.15) is 0 Å². The summed E-state index contributed by atoms with van der Waals surface area (Å²) in [6, 6.07) is 7.88. The summed E-state index contributed by atoms with van der Waals surface area (Å²) in [5, 5.41) is 6.38. The van der Waals surface area contributed by atoms with Crippen LogP contribution in [0.3, 0.4) is 0 Å². The van der Waals surface area contributed by atoms with Crippen LogP contribution in [0, 0.1) is 5.92 Å². The van der Waals surface area contributed by atoms with E-state index < -0.39 is 0 Å². The van der Waals surface area contributed by atoms with Gasteiger partial charge in [-0.05, 0) is 43.5 Å². The predicted octanol–water partition coefficient (Wildman–Crippen LogP) is 2.65. The summed E-state index contributed by atoms with van der Waals surface area (Å²) in [4.78, 5) is 21.2. The minimum Gasteiger partial charge on any atom is -0.346 e. The third-order valence-corrected chi connectivity index (χ3v) is 4.68.